The summed E-state index contributed by atoms with van der Waals surface area (Å²) in [6.45, 7) is 2.06. The highest BCUT2D eigenvalue weighted by Crippen LogP contribution is 2.32. The second-order valence-electron chi connectivity index (χ2n) is 3.50. The van der Waals surface area contributed by atoms with Crippen LogP contribution in [0.3, 0.4) is 0 Å². The zero-order valence-electron chi connectivity index (χ0n) is 8.96. The first-order valence-electron chi connectivity index (χ1n) is 4.89. The summed E-state index contributed by atoms with van der Waals surface area (Å²) in [5, 5.41) is 9.65. The fraction of sp³-hybridized carbons (Fsp3) is 0.455. The highest BCUT2D eigenvalue weighted by atomic mass is 127. The van der Waals surface area contributed by atoms with Gasteiger partial charge in [-0.25, -0.2) is 0 Å². The van der Waals surface area contributed by atoms with Crippen LogP contribution in [0.15, 0.2) is 12.1 Å². The number of halogens is 1. The fourth-order valence-electron chi connectivity index (χ4n) is 1.35. The number of hydrogen-bond acceptors (Lipinski definition) is 3. The average molecular weight is 321 g/mol. The van der Waals surface area contributed by atoms with E-state index in [-0.39, 0.29) is 11.8 Å². The van der Waals surface area contributed by atoms with E-state index in [4.69, 9.17) is 10.5 Å². The van der Waals surface area contributed by atoms with E-state index in [1.165, 1.54) is 0 Å². The molecule has 3 N–H and O–H groups in total. The topological polar surface area (TPSA) is 55.5 Å². The summed E-state index contributed by atoms with van der Waals surface area (Å²) in [4.78, 5) is 0. The van der Waals surface area contributed by atoms with Crippen LogP contribution in [-0.4, -0.2) is 18.3 Å². The van der Waals surface area contributed by atoms with Crippen LogP contribution in [0.25, 0.3) is 0 Å². The number of benzene rings is 1. The maximum absolute atomic E-state index is 9.65. The molecule has 0 bridgehead atoms. The van der Waals surface area contributed by atoms with E-state index in [9.17, 15) is 5.11 Å². The Balaban J connectivity index is 2.95. The van der Waals surface area contributed by atoms with Gasteiger partial charge in [-0.05, 0) is 53.1 Å². The van der Waals surface area contributed by atoms with E-state index in [0.29, 0.717) is 5.75 Å². The first-order chi connectivity index (χ1) is 7.08. The number of rotatable bonds is 4. The minimum atomic E-state index is 0.162. The highest BCUT2D eigenvalue weighted by Gasteiger charge is 2.10. The zero-order chi connectivity index (χ0) is 11.4. The zero-order valence-corrected chi connectivity index (χ0v) is 11.1. The van der Waals surface area contributed by atoms with Crippen molar-refractivity contribution in [3.05, 3.63) is 21.3 Å². The summed E-state index contributed by atoms with van der Waals surface area (Å²) < 4.78 is 5.88. The summed E-state index contributed by atoms with van der Waals surface area (Å²) in [6.07, 6.45) is 1.75. The number of hydrogen-bond donors (Lipinski definition) is 2. The van der Waals surface area contributed by atoms with Crippen LogP contribution in [0.1, 0.15) is 18.9 Å². The van der Waals surface area contributed by atoms with Gasteiger partial charge in [0, 0.05) is 6.04 Å². The average Bonchev–Trinajstić information content (AvgIpc) is 2.22. The van der Waals surface area contributed by atoms with Gasteiger partial charge in [-0.2, -0.15) is 0 Å². The number of aromatic hydroxyl groups is 1. The fourth-order valence-corrected chi connectivity index (χ4v) is 2.01. The van der Waals surface area contributed by atoms with Gasteiger partial charge >= 0.3 is 0 Å². The van der Waals surface area contributed by atoms with E-state index in [1.807, 2.05) is 12.1 Å². The van der Waals surface area contributed by atoms with Crippen LogP contribution in [-0.2, 0) is 6.42 Å². The van der Waals surface area contributed by atoms with Gasteiger partial charge in [0.2, 0.25) is 0 Å². The van der Waals surface area contributed by atoms with E-state index in [1.54, 1.807) is 7.11 Å². The molecule has 1 aromatic rings. The van der Waals surface area contributed by atoms with Crippen molar-refractivity contribution in [1.82, 2.24) is 0 Å². The van der Waals surface area contributed by atoms with Crippen LogP contribution in [0.4, 0.5) is 0 Å². The van der Waals surface area contributed by atoms with Crippen LogP contribution in [0.2, 0.25) is 0 Å². The second kappa shape index (κ2) is 5.55. The summed E-state index contributed by atoms with van der Waals surface area (Å²) in [5.74, 6) is 0.715. The van der Waals surface area contributed by atoms with Crippen LogP contribution in [0.5, 0.6) is 11.5 Å². The third-order valence-electron chi connectivity index (χ3n) is 2.33. The third kappa shape index (κ3) is 3.24. The maximum Gasteiger partial charge on any atom is 0.171 e. The maximum atomic E-state index is 9.65. The summed E-state index contributed by atoms with van der Waals surface area (Å²) in [5.41, 5.74) is 6.98. The van der Waals surface area contributed by atoms with Gasteiger partial charge in [0.05, 0.1) is 10.7 Å². The molecule has 1 rings (SSSR count). The third-order valence-corrected chi connectivity index (χ3v) is 3.15. The normalized spacial score (nSPS) is 12.5. The summed E-state index contributed by atoms with van der Waals surface area (Å²) in [7, 11) is 1.55. The number of phenols is 1. The molecule has 1 unspecified atom stereocenters. The van der Waals surface area contributed by atoms with E-state index >= 15 is 0 Å². The van der Waals surface area contributed by atoms with Crippen molar-refractivity contribution in [3.8, 4) is 11.5 Å². The van der Waals surface area contributed by atoms with Gasteiger partial charge in [-0.3, -0.25) is 0 Å². The van der Waals surface area contributed by atoms with Crippen LogP contribution < -0.4 is 10.5 Å². The monoisotopic (exact) mass is 321 g/mol. The molecule has 84 valence electrons. The van der Waals surface area contributed by atoms with Crippen molar-refractivity contribution < 1.29 is 9.84 Å². The van der Waals surface area contributed by atoms with Crippen LogP contribution >= 0.6 is 22.6 Å². The minimum Gasteiger partial charge on any atom is -0.504 e. The largest absolute Gasteiger partial charge is 0.504 e. The molecule has 0 saturated heterocycles. The van der Waals surface area contributed by atoms with Crippen molar-refractivity contribution in [2.24, 2.45) is 5.73 Å². The quantitative estimate of drug-likeness (QED) is 0.837. The Morgan fingerprint density at radius 2 is 2.20 bits per heavy atom. The predicted molar refractivity (Wildman–Crippen MR) is 69.3 cm³/mol. The Labute approximate surface area is 104 Å². The number of phenolic OH excluding ortho intramolecular Hbond substituents is 1. The molecule has 0 aliphatic heterocycles. The molecule has 15 heavy (non-hydrogen) atoms. The lowest BCUT2D eigenvalue weighted by Crippen LogP contribution is -2.21. The first kappa shape index (κ1) is 12.6. The molecule has 0 fully saturated rings. The molecular weight excluding hydrogens is 305 g/mol. The van der Waals surface area contributed by atoms with Crippen molar-refractivity contribution in [3.63, 3.8) is 0 Å². The Morgan fingerprint density at radius 3 is 2.73 bits per heavy atom. The Bertz CT molecular complexity index is 342. The van der Waals surface area contributed by atoms with E-state index in [0.717, 1.165) is 22.0 Å². The standard InChI is InChI=1S/C11H16INO2/c1-3-8(13)4-7-5-9(12)11(14)10(6-7)15-2/h5-6,8,14H,3-4,13H2,1-2H3. The van der Waals surface area contributed by atoms with Gasteiger partial charge < -0.3 is 15.6 Å². The molecule has 0 spiro atoms. The van der Waals surface area contributed by atoms with Crippen molar-refractivity contribution in [2.45, 2.75) is 25.8 Å². The van der Waals surface area contributed by atoms with Gasteiger partial charge in [-0.15, -0.1) is 0 Å². The molecule has 1 atom stereocenters. The summed E-state index contributed by atoms with van der Waals surface area (Å²) in [6, 6.07) is 3.94. The molecule has 4 heteroatoms. The number of ether oxygens (including phenoxy) is 1. The highest BCUT2D eigenvalue weighted by molar-refractivity contribution is 14.1. The molecule has 3 nitrogen and oxygen atoms in total. The Hall–Kier alpha value is -0.490. The molecule has 0 aliphatic carbocycles. The molecule has 0 radical (unpaired) electrons. The minimum absolute atomic E-state index is 0.162. The SMILES string of the molecule is CCC(N)Cc1cc(I)c(O)c(OC)c1. The van der Waals surface area contributed by atoms with Gasteiger partial charge in [-0.1, -0.05) is 6.92 Å². The Morgan fingerprint density at radius 1 is 1.53 bits per heavy atom. The lowest BCUT2D eigenvalue weighted by atomic mass is 10.0. The summed E-state index contributed by atoms with van der Waals surface area (Å²) >= 11 is 2.09. The molecule has 0 aromatic heterocycles. The molecule has 0 heterocycles. The lowest BCUT2D eigenvalue weighted by molar-refractivity contribution is 0.371. The second-order valence-corrected chi connectivity index (χ2v) is 4.66. The van der Waals surface area contributed by atoms with Gasteiger partial charge in [0.15, 0.2) is 11.5 Å². The predicted octanol–water partition coefficient (Wildman–Crippen LogP) is 2.29. The number of nitrogens with two attached hydrogens (primary N) is 1. The molecule has 0 saturated carbocycles. The van der Waals surface area contributed by atoms with E-state index < -0.39 is 0 Å². The van der Waals surface area contributed by atoms with Crippen molar-refractivity contribution in [2.75, 3.05) is 7.11 Å². The molecule has 0 amide bonds. The first-order valence-corrected chi connectivity index (χ1v) is 5.97. The molecular formula is C11H16INO2. The van der Waals surface area contributed by atoms with Crippen molar-refractivity contribution >= 4 is 22.6 Å². The van der Waals surface area contributed by atoms with Crippen LogP contribution in [0, 0.1) is 3.57 Å². The van der Waals surface area contributed by atoms with E-state index in [2.05, 4.69) is 29.5 Å². The molecule has 1 aromatic carbocycles. The van der Waals surface area contributed by atoms with Crippen molar-refractivity contribution in [1.29, 1.82) is 0 Å². The Kier molecular flexibility index (Phi) is 4.66. The smallest absolute Gasteiger partial charge is 0.171 e. The number of methoxy groups -OCH3 is 1. The lowest BCUT2D eigenvalue weighted by Gasteiger charge is -2.12. The van der Waals surface area contributed by atoms with Gasteiger partial charge in [0.1, 0.15) is 0 Å². The molecule has 0 aliphatic rings. The van der Waals surface area contributed by atoms with Gasteiger partial charge in [0.25, 0.3) is 0 Å².